The maximum atomic E-state index is 12.7. The molecule has 0 atom stereocenters. The minimum absolute atomic E-state index is 0.201. The number of aromatic nitrogens is 4. The first-order valence-corrected chi connectivity index (χ1v) is 15.7. The molecule has 1 aliphatic rings. The minimum Gasteiger partial charge on any atom is -0.495 e. The normalized spacial score (nSPS) is 14.2. The second-order valence-electron chi connectivity index (χ2n) is 9.56. The van der Waals surface area contributed by atoms with Gasteiger partial charge in [0.2, 0.25) is 16.0 Å². The van der Waals surface area contributed by atoms with Gasteiger partial charge in [-0.2, -0.15) is 4.98 Å². The maximum absolute atomic E-state index is 12.7. The molecule has 5 rings (SSSR count). The van der Waals surface area contributed by atoms with E-state index in [0.29, 0.717) is 50.1 Å². The molecule has 41 heavy (non-hydrogen) atoms. The van der Waals surface area contributed by atoms with Crippen LogP contribution in [0.2, 0.25) is 0 Å². The summed E-state index contributed by atoms with van der Waals surface area (Å²) >= 11 is 3.51. The van der Waals surface area contributed by atoms with Crippen molar-refractivity contribution in [3.8, 4) is 5.75 Å². The Hall–Kier alpha value is -3.75. The molecule has 1 fully saturated rings. The number of ether oxygens (including phenoxy) is 1. The zero-order valence-electron chi connectivity index (χ0n) is 22.9. The van der Waals surface area contributed by atoms with Crippen LogP contribution in [0.3, 0.4) is 0 Å². The van der Waals surface area contributed by atoms with Crippen LogP contribution in [-0.2, 0) is 10.0 Å². The molecule has 2 aromatic heterocycles. The number of halogens is 1. The van der Waals surface area contributed by atoms with Crippen molar-refractivity contribution >= 4 is 71.5 Å². The molecule has 0 radical (unpaired) electrons. The third-order valence-corrected chi connectivity index (χ3v) is 8.63. The topological polar surface area (TPSA) is 146 Å². The molecule has 4 aromatic rings. The van der Waals surface area contributed by atoms with Gasteiger partial charge >= 0.3 is 0 Å². The number of rotatable bonds is 9. The largest absolute Gasteiger partial charge is 0.495 e. The lowest BCUT2D eigenvalue weighted by atomic mass is 10.1. The number of nitrogens with zero attached hydrogens (tertiary/aromatic N) is 6. The second kappa shape index (κ2) is 12.0. The van der Waals surface area contributed by atoms with E-state index < -0.39 is 10.0 Å². The fourth-order valence-corrected chi connectivity index (χ4v) is 6.09. The highest BCUT2D eigenvalue weighted by molar-refractivity contribution is 9.10. The molecule has 1 aliphatic heterocycles. The van der Waals surface area contributed by atoms with Crippen molar-refractivity contribution in [3.63, 3.8) is 0 Å². The van der Waals surface area contributed by atoms with Crippen molar-refractivity contribution < 1.29 is 18.3 Å². The molecule has 3 N–H and O–H groups in total. The molecule has 12 nitrogen and oxygen atoms in total. The van der Waals surface area contributed by atoms with E-state index in [1.807, 2.05) is 18.2 Å². The Kier molecular flexibility index (Phi) is 8.42. The van der Waals surface area contributed by atoms with Crippen LogP contribution in [0.5, 0.6) is 5.75 Å². The Morgan fingerprint density at radius 3 is 2.56 bits per heavy atom. The highest BCUT2D eigenvalue weighted by Crippen LogP contribution is 2.38. The van der Waals surface area contributed by atoms with E-state index in [4.69, 9.17) is 4.74 Å². The van der Waals surface area contributed by atoms with Gasteiger partial charge in [-0.25, -0.2) is 13.4 Å². The summed E-state index contributed by atoms with van der Waals surface area (Å²) in [5.74, 6) is 1.34. The smallest absolute Gasteiger partial charge is 0.232 e. The van der Waals surface area contributed by atoms with Gasteiger partial charge in [0.25, 0.3) is 0 Å². The molecule has 0 unspecified atom stereocenters. The van der Waals surface area contributed by atoms with E-state index in [1.165, 1.54) is 10.5 Å². The van der Waals surface area contributed by atoms with E-state index in [2.05, 4.69) is 51.4 Å². The molecule has 0 spiro atoms. The number of piperidine rings is 1. The molecule has 0 saturated carbocycles. The van der Waals surface area contributed by atoms with Gasteiger partial charge in [-0.05, 0) is 66.0 Å². The third-order valence-electron chi connectivity index (χ3n) is 6.81. The lowest BCUT2D eigenvalue weighted by Gasteiger charge is -2.32. The van der Waals surface area contributed by atoms with Gasteiger partial charge in [-0.3, -0.25) is 14.3 Å². The summed E-state index contributed by atoms with van der Waals surface area (Å²) in [6.07, 6.45) is 7.03. The standard InChI is InChI=1S/C27H31BrN8O4S/c1-4-36(41(3,38)39)25-21(7-6-20-24(25)30-12-11-29-20)32-26-19(28)16-31-27(34-26)33-22-15-17(5-8-23(22)40-2)35-13-9-18(37)10-14-35/h5-8,11-12,15-16,18,37H,4,9-10,13-14H2,1-3H3,(H2,31,32,33,34). The van der Waals surface area contributed by atoms with Crippen LogP contribution >= 0.6 is 15.9 Å². The minimum atomic E-state index is -3.62. The third kappa shape index (κ3) is 6.29. The molecule has 0 aliphatic carbocycles. The van der Waals surface area contributed by atoms with E-state index in [-0.39, 0.29) is 12.6 Å². The van der Waals surface area contributed by atoms with Crippen LogP contribution in [0.1, 0.15) is 19.8 Å². The van der Waals surface area contributed by atoms with E-state index >= 15 is 0 Å². The number of aliphatic hydroxyl groups excluding tert-OH is 1. The average Bonchev–Trinajstić information content (AvgIpc) is 2.96. The molecule has 3 heterocycles. The maximum Gasteiger partial charge on any atom is 0.232 e. The fourth-order valence-electron chi connectivity index (χ4n) is 4.81. The van der Waals surface area contributed by atoms with Crippen LogP contribution in [0.15, 0.2) is 53.4 Å². The summed E-state index contributed by atoms with van der Waals surface area (Å²) < 4.78 is 32.9. The molecule has 2 aromatic carbocycles. The second-order valence-corrected chi connectivity index (χ2v) is 12.3. The number of fused-ring (bicyclic) bond motifs is 1. The summed E-state index contributed by atoms with van der Waals surface area (Å²) in [7, 11) is -2.03. The number of sulfonamides is 1. The van der Waals surface area contributed by atoms with Crippen molar-refractivity contribution in [2.75, 3.05) is 52.8 Å². The number of aliphatic hydroxyl groups is 1. The van der Waals surface area contributed by atoms with E-state index in [0.717, 1.165) is 37.9 Å². The molecule has 14 heteroatoms. The van der Waals surface area contributed by atoms with Gasteiger partial charge < -0.3 is 25.4 Å². The van der Waals surface area contributed by atoms with Crippen molar-refractivity contribution in [3.05, 3.63) is 53.4 Å². The van der Waals surface area contributed by atoms with Crippen molar-refractivity contribution in [1.29, 1.82) is 0 Å². The van der Waals surface area contributed by atoms with Crippen LogP contribution in [-0.4, -0.2) is 72.6 Å². The Labute approximate surface area is 247 Å². The summed E-state index contributed by atoms with van der Waals surface area (Å²) in [6.45, 7) is 3.48. The van der Waals surface area contributed by atoms with Gasteiger partial charge in [-0.1, -0.05) is 0 Å². The SMILES string of the molecule is CCN(c1c(Nc2nc(Nc3cc(N4CCC(O)CC4)ccc3OC)ncc2Br)ccc2nccnc12)S(C)(=O)=O. The molecule has 0 bridgehead atoms. The van der Waals surface area contributed by atoms with Crippen LogP contribution in [0.4, 0.5) is 34.5 Å². The lowest BCUT2D eigenvalue weighted by Crippen LogP contribution is -2.35. The summed E-state index contributed by atoms with van der Waals surface area (Å²) in [4.78, 5) is 20.1. The predicted molar refractivity (Wildman–Crippen MR) is 164 cm³/mol. The summed E-state index contributed by atoms with van der Waals surface area (Å²) in [5.41, 5.74) is 3.55. The number of anilines is 6. The van der Waals surface area contributed by atoms with E-state index in [1.54, 1.807) is 38.6 Å². The molecule has 216 valence electrons. The first kappa shape index (κ1) is 28.8. The number of nitrogens with one attached hydrogen (secondary N) is 2. The molecular weight excluding hydrogens is 612 g/mol. The Morgan fingerprint density at radius 1 is 1.10 bits per heavy atom. The Bertz CT molecular complexity index is 1660. The van der Waals surface area contributed by atoms with Crippen LogP contribution in [0, 0.1) is 0 Å². The first-order valence-electron chi connectivity index (χ1n) is 13.1. The van der Waals surface area contributed by atoms with Gasteiger partial charge in [0, 0.05) is 43.9 Å². The molecular formula is C27H31BrN8O4S. The highest BCUT2D eigenvalue weighted by atomic mass is 79.9. The number of hydrogen-bond donors (Lipinski definition) is 3. The number of methoxy groups -OCH3 is 1. The zero-order valence-corrected chi connectivity index (χ0v) is 25.3. The zero-order chi connectivity index (χ0) is 29.1. The van der Waals surface area contributed by atoms with Crippen LogP contribution < -0.4 is 24.6 Å². The first-order chi connectivity index (χ1) is 19.7. The van der Waals surface area contributed by atoms with Crippen molar-refractivity contribution in [2.24, 2.45) is 0 Å². The average molecular weight is 644 g/mol. The van der Waals surface area contributed by atoms with Crippen molar-refractivity contribution in [2.45, 2.75) is 25.9 Å². The monoisotopic (exact) mass is 642 g/mol. The Morgan fingerprint density at radius 2 is 1.85 bits per heavy atom. The highest BCUT2D eigenvalue weighted by Gasteiger charge is 2.24. The van der Waals surface area contributed by atoms with Gasteiger partial charge in [-0.15, -0.1) is 0 Å². The van der Waals surface area contributed by atoms with Crippen molar-refractivity contribution in [1.82, 2.24) is 19.9 Å². The van der Waals surface area contributed by atoms with Gasteiger partial charge in [0.05, 0.1) is 40.8 Å². The predicted octanol–water partition coefficient (Wildman–Crippen LogP) is 4.43. The Balaban J connectivity index is 1.49. The quantitative estimate of drug-likeness (QED) is 0.238. The number of benzene rings is 2. The van der Waals surface area contributed by atoms with Gasteiger partial charge in [0.1, 0.15) is 22.8 Å². The van der Waals surface area contributed by atoms with Gasteiger partial charge in [0.15, 0.2) is 0 Å². The molecule has 1 saturated heterocycles. The lowest BCUT2D eigenvalue weighted by molar-refractivity contribution is 0.145. The molecule has 0 amide bonds. The van der Waals surface area contributed by atoms with E-state index in [9.17, 15) is 13.5 Å². The summed E-state index contributed by atoms with van der Waals surface area (Å²) in [6, 6.07) is 9.37. The fraction of sp³-hybridized carbons (Fsp3) is 0.333. The number of hydrogen-bond acceptors (Lipinski definition) is 11. The summed E-state index contributed by atoms with van der Waals surface area (Å²) in [5, 5.41) is 16.4. The van der Waals surface area contributed by atoms with Crippen LogP contribution in [0.25, 0.3) is 11.0 Å².